The Morgan fingerprint density at radius 2 is 1.89 bits per heavy atom. The molecule has 0 aliphatic carbocycles. The molecular weight excluding hydrogens is 254 g/mol. The average molecular weight is 263 g/mol. The molecule has 0 radical (unpaired) electrons. The van der Waals surface area contributed by atoms with Crippen molar-refractivity contribution in [2.45, 2.75) is 6.42 Å². The van der Waals surface area contributed by atoms with Crippen molar-refractivity contribution >= 4 is 23.3 Å². The molecule has 0 saturated carbocycles. The SMILES string of the molecule is O=C(O)c1ccccc1Cc1ncsc1C(=O)O. The van der Waals surface area contributed by atoms with Gasteiger partial charge < -0.3 is 10.2 Å². The summed E-state index contributed by atoms with van der Waals surface area (Å²) in [4.78, 5) is 26.1. The molecule has 0 atom stereocenters. The van der Waals surface area contributed by atoms with Crippen molar-refractivity contribution in [3.8, 4) is 0 Å². The molecule has 6 heteroatoms. The van der Waals surface area contributed by atoms with Crippen molar-refractivity contribution in [2.75, 3.05) is 0 Å². The molecule has 1 aromatic carbocycles. The van der Waals surface area contributed by atoms with E-state index in [2.05, 4.69) is 4.98 Å². The number of carboxylic acid groups (broad SMARTS) is 2. The van der Waals surface area contributed by atoms with Crippen LogP contribution in [-0.4, -0.2) is 27.1 Å². The zero-order chi connectivity index (χ0) is 13.1. The van der Waals surface area contributed by atoms with E-state index >= 15 is 0 Å². The van der Waals surface area contributed by atoms with Gasteiger partial charge in [-0.1, -0.05) is 18.2 Å². The molecule has 1 aromatic heterocycles. The molecule has 0 aliphatic heterocycles. The molecule has 2 rings (SSSR count). The smallest absolute Gasteiger partial charge is 0.347 e. The lowest BCUT2D eigenvalue weighted by atomic mass is 10.0. The number of carboxylic acids is 2. The van der Waals surface area contributed by atoms with E-state index in [1.807, 2.05) is 0 Å². The normalized spacial score (nSPS) is 10.2. The number of thiazole rings is 1. The maximum absolute atomic E-state index is 11.0. The van der Waals surface area contributed by atoms with E-state index in [1.165, 1.54) is 11.6 Å². The highest BCUT2D eigenvalue weighted by atomic mass is 32.1. The van der Waals surface area contributed by atoms with E-state index in [0.29, 0.717) is 11.3 Å². The fourth-order valence-corrected chi connectivity index (χ4v) is 2.28. The van der Waals surface area contributed by atoms with Crippen LogP contribution in [0.25, 0.3) is 0 Å². The molecule has 0 bridgehead atoms. The number of rotatable bonds is 4. The van der Waals surface area contributed by atoms with Gasteiger partial charge in [-0.3, -0.25) is 0 Å². The van der Waals surface area contributed by atoms with Crippen LogP contribution in [0.4, 0.5) is 0 Å². The van der Waals surface area contributed by atoms with Gasteiger partial charge in [-0.25, -0.2) is 14.6 Å². The molecule has 2 N–H and O–H groups in total. The maximum Gasteiger partial charge on any atom is 0.347 e. The average Bonchev–Trinajstić information content (AvgIpc) is 2.77. The van der Waals surface area contributed by atoms with E-state index in [1.54, 1.807) is 18.2 Å². The van der Waals surface area contributed by atoms with Crippen LogP contribution in [0.2, 0.25) is 0 Å². The third-order valence-corrected chi connectivity index (χ3v) is 3.30. The number of benzene rings is 1. The van der Waals surface area contributed by atoms with Gasteiger partial charge in [0, 0.05) is 6.42 Å². The molecule has 1 heterocycles. The molecule has 0 spiro atoms. The lowest BCUT2D eigenvalue weighted by molar-refractivity contribution is 0.0688. The third-order valence-electron chi connectivity index (χ3n) is 2.44. The minimum Gasteiger partial charge on any atom is -0.478 e. The topological polar surface area (TPSA) is 87.5 Å². The molecule has 0 unspecified atom stereocenters. The zero-order valence-corrected chi connectivity index (χ0v) is 9.98. The molecule has 92 valence electrons. The lowest BCUT2D eigenvalue weighted by Crippen LogP contribution is -2.05. The molecule has 5 nitrogen and oxygen atoms in total. The second kappa shape index (κ2) is 4.97. The first-order valence-electron chi connectivity index (χ1n) is 5.06. The standard InChI is InChI=1S/C12H9NO4S/c14-11(15)8-4-2-1-3-7(8)5-9-10(12(16)17)18-6-13-9/h1-4,6H,5H2,(H,14,15)(H,16,17). The van der Waals surface area contributed by atoms with Gasteiger partial charge in [-0.2, -0.15) is 0 Å². The summed E-state index contributed by atoms with van der Waals surface area (Å²) in [5.41, 5.74) is 2.56. The zero-order valence-electron chi connectivity index (χ0n) is 9.16. The number of nitrogens with zero attached hydrogens (tertiary/aromatic N) is 1. The number of aromatic carboxylic acids is 2. The van der Waals surface area contributed by atoms with Crippen LogP contribution in [0.5, 0.6) is 0 Å². The minimum absolute atomic E-state index is 0.148. The number of hydrogen-bond acceptors (Lipinski definition) is 4. The monoisotopic (exact) mass is 263 g/mol. The van der Waals surface area contributed by atoms with Crippen LogP contribution in [0.1, 0.15) is 31.3 Å². The Hall–Kier alpha value is -2.21. The summed E-state index contributed by atoms with van der Waals surface area (Å²) in [6, 6.07) is 6.50. The van der Waals surface area contributed by atoms with Gasteiger partial charge in [0.1, 0.15) is 4.88 Å². The van der Waals surface area contributed by atoms with Gasteiger partial charge in [0.2, 0.25) is 0 Å². The van der Waals surface area contributed by atoms with Gasteiger partial charge in [0.25, 0.3) is 0 Å². The van der Waals surface area contributed by atoms with Gasteiger partial charge >= 0.3 is 11.9 Å². The summed E-state index contributed by atoms with van der Waals surface area (Å²) in [6.45, 7) is 0. The number of hydrogen-bond donors (Lipinski definition) is 2. The first-order chi connectivity index (χ1) is 8.59. The van der Waals surface area contributed by atoms with Crippen molar-refractivity contribution in [1.29, 1.82) is 0 Å². The first kappa shape index (κ1) is 12.3. The molecule has 0 fully saturated rings. The van der Waals surface area contributed by atoms with Crippen LogP contribution in [-0.2, 0) is 6.42 Å². The molecular formula is C12H9NO4S. The summed E-state index contributed by atoms with van der Waals surface area (Å²) in [6.07, 6.45) is 0.202. The Balaban J connectivity index is 2.37. The van der Waals surface area contributed by atoms with Crippen molar-refractivity contribution in [2.24, 2.45) is 0 Å². The first-order valence-corrected chi connectivity index (χ1v) is 5.94. The fraction of sp³-hybridized carbons (Fsp3) is 0.0833. The van der Waals surface area contributed by atoms with Crippen LogP contribution < -0.4 is 0 Å². The predicted octanol–water partition coefficient (Wildman–Crippen LogP) is 2.13. The third kappa shape index (κ3) is 2.38. The Morgan fingerprint density at radius 1 is 1.17 bits per heavy atom. The largest absolute Gasteiger partial charge is 0.478 e. The second-order valence-corrected chi connectivity index (χ2v) is 4.43. The number of aromatic nitrogens is 1. The highest BCUT2D eigenvalue weighted by Crippen LogP contribution is 2.19. The maximum atomic E-state index is 11.0. The van der Waals surface area contributed by atoms with E-state index in [0.717, 1.165) is 11.3 Å². The Bertz CT molecular complexity index is 606. The fourth-order valence-electron chi connectivity index (χ4n) is 1.63. The lowest BCUT2D eigenvalue weighted by Gasteiger charge is -2.04. The summed E-state index contributed by atoms with van der Waals surface area (Å²) >= 11 is 1.03. The van der Waals surface area contributed by atoms with Gasteiger partial charge in [-0.15, -0.1) is 11.3 Å². The van der Waals surface area contributed by atoms with Gasteiger partial charge in [-0.05, 0) is 11.6 Å². The van der Waals surface area contributed by atoms with Crippen LogP contribution in [0.15, 0.2) is 29.8 Å². The van der Waals surface area contributed by atoms with Crippen molar-refractivity contribution in [3.63, 3.8) is 0 Å². The minimum atomic E-state index is -1.04. The quantitative estimate of drug-likeness (QED) is 0.882. The van der Waals surface area contributed by atoms with Crippen LogP contribution in [0.3, 0.4) is 0 Å². The molecule has 0 saturated heterocycles. The van der Waals surface area contributed by atoms with Crippen molar-refractivity contribution in [3.05, 3.63) is 51.5 Å². The summed E-state index contributed by atoms with van der Waals surface area (Å²) in [7, 11) is 0. The Kier molecular flexibility index (Phi) is 3.38. The van der Waals surface area contributed by atoms with E-state index < -0.39 is 11.9 Å². The summed E-state index contributed by atoms with van der Waals surface area (Å²) in [5.74, 6) is -2.07. The second-order valence-electron chi connectivity index (χ2n) is 3.57. The van der Waals surface area contributed by atoms with E-state index in [4.69, 9.17) is 10.2 Å². The summed E-state index contributed by atoms with van der Waals surface area (Å²) in [5, 5.41) is 18.0. The Morgan fingerprint density at radius 3 is 2.56 bits per heavy atom. The molecule has 18 heavy (non-hydrogen) atoms. The highest BCUT2D eigenvalue weighted by molar-refractivity contribution is 7.11. The van der Waals surface area contributed by atoms with E-state index in [-0.39, 0.29) is 16.9 Å². The molecule has 0 amide bonds. The predicted molar refractivity (Wildman–Crippen MR) is 65.3 cm³/mol. The van der Waals surface area contributed by atoms with E-state index in [9.17, 15) is 9.59 Å². The molecule has 0 aliphatic rings. The van der Waals surface area contributed by atoms with Gasteiger partial charge in [0.05, 0.1) is 16.8 Å². The Labute approximate surface area is 106 Å². The molecule has 2 aromatic rings. The van der Waals surface area contributed by atoms with Crippen LogP contribution in [0, 0.1) is 0 Å². The van der Waals surface area contributed by atoms with Gasteiger partial charge in [0.15, 0.2) is 0 Å². The highest BCUT2D eigenvalue weighted by Gasteiger charge is 2.16. The van der Waals surface area contributed by atoms with Crippen molar-refractivity contribution in [1.82, 2.24) is 4.98 Å². The summed E-state index contributed by atoms with van der Waals surface area (Å²) < 4.78 is 0. The van der Waals surface area contributed by atoms with Crippen molar-refractivity contribution < 1.29 is 19.8 Å². The van der Waals surface area contributed by atoms with Crippen LogP contribution >= 0.6 is 11.3 Å². The number of carbonyl (C=O) groups is 2.